The number of carboxylic acids is 1. The van der Waals surface area contributed by atoms with Gasteiger partial charge in [-0.25, -0.2) is 0 Å². The highest BCUT2D eigenvalue weighted by atomic mass is 16.5. The van der Waals surface area contributed by atoms with E-state index >= 15 is 0 Å². The summed E-state index contributed by atoms with van der Waals surface area (Å²) in [6.07, 6.45) is 1.67. The SMILES string of the molecule is COc1cccc(C(C)NC(=O)[C@@H]2CC[C@H](C(=O)O)C2)c1. The third-order valence-corrected chi connectivity index (χ3v) is 4.11. The topological polar surface area (TPSA) is 75.6 Å². The van der Waals surface area contributed by atoms with E-state index in [1.807, 2.05) is 31.2 Å². The Hall–Kier alpha value is -2.04. The Bertz CT molecular complexity index is 529. The Balaban J connectivity index is 1.94. The van der Waals surface area contributed by atoms with Crippen LogP contribution in [-0.2, 0) is 9.59 Å². The van der Waals surface area contributed by atoms with Gasteiger partial charge in [0.1, 0.15) is 5.75 Å². The van der Waals surface area contributed by atoms with Crippen molar-refractivity contribution in [2.24, 2.45) is 11.8 Å². The summed E-state index contributed by atoms with van der Waals surface area (Å²) < 4.78 is 5.17. The zero-order chi connectivity index (χ0) is 15.4. The van der Waals surface area contributed by atoms with Gasteiger partial charge in [-0.15, -0.1) is 0 Å². The van der Waals surface area contributed by atoms with Gasteiger partial charge in [0.15, 0.2) is 0 Å². The van der Waals surface area contributed by atoms with Gasteiger partial charge in [-0.1, -0.05) is 12.1 Å². The lowest BCUT2D eigenvalue weighted by atomic mass is 10.0. The van der Waals surface area contributed by atoms with Crippen molar-refractivity contribution in [2.45, 2.75) is 32.2 Å². The summed E-state index contributed by atoms with van der Waals surface area (Å²) >= 11 is 0. The van der Waals surface area contributed by atoms with Crippen molar-refractivity contribution in [3.8, 4) is 5.75 Å². The van der Waals surface area contributed by atoms with Crippen LogP contribution in [-0.4, -0.2) is 24.1 Å². The first kappa shape index (κ1) is 15.4. The lowest BCUT2D eigenvalue weighted by Crippen LogP contribution is -2.32. The molecular formula is C16H21NO4. The number of benzene rings is 1. The molecule has 1 saturated carbocycles. The number of hydrogen-bond acceptors (Lipinski definition) is 3. The number of ether oxygens (including phenoxy) is 1. The van der Waals surface area contributed by atoms with Crippen LogP contribution in [0.5, 0.6) is 5.75 Å². The van der Waals surface area contributed by atoms with Crippen molar-refractivity contribution in [2.75, 3.05) is 7.11 Å². The van der Waals surface area contributed by atoms with E-state index in [0.29, 0.717) is 19.3 Å². The molecule has 1 aliphatic rings. The molecule has 1 aromatic carbocycles. The number of aliphatic carboxylic acids is 1. The van der Waals surface area contributed by atoms with Gasteiger partial charge < -0.3 is 15.2 Å². The molecule has 1 unspecified atom stereocenters. The maximum atomic E-state index is 12.2. The van der Waals surface area contributed by atoms with Gasteiger partial charge in [-0.2, -0.15) is 0 Å². The highest BCUT2D eigenvalue weighted by molar-refractivity contribution is 5.81. The standard InChI is InChI=1S/C16H21NO4/c1-10(11-4-3-5-14(9-11)21-2)17-15(18)12-6-7-13(8-12)16(19)20/h3-5,9-10,12-13H,6-8H2,1-2H3,(H,17,18)(H,19,20)/t10?,12-,13+/m1/s1. The Labute approximate surface area is 124 Å². The Morgan fingerprint density at radius 3 is 2.67 bits per heavy atom. The summed E-state index contributed by atoms with van der Waals surface area (Å²) in [4.78, 5) is 23.2. The third kappa shape index (κ3) is 3.74. The van der Waals surface area contributed by atoms with Crippen LogP contribution in [0, 0.1) is 11.8 Å². The molecule has 2 N–H and O–H groups in total. The second-order valence-electron chi connectivity index (χ2n) is 5.55. The van der Waals surface area contributed by atoms with E-state index < -0.39 is 5.97 Å². The average molecular weight is 291 g/mol. The summed E-state index contributed by atoms with van der Waals surface area (Å²) in [5, 5.41) is 11.9. The molecule has 0 aliphatic heterocycles. The monoisotopic (exact) mass is 291 g/mol. The fourth-order valence-corrected chi connectivity index (χ4v) is 2.77. The van der Waals surface area contributed by atoms with E-state index in [2.05, 4.69) is 5.32 Å². The predicted octanol–water partition coefficient (Wildman–Crippen LogP) is 2.37. The summed E-state index contributed by atoms with van der Waals surface area (Å²) in [5.41, 5.74) is 0.968. The minimum absolute atomic E-state index is 0.0610. The zero-order valence-electron chi connectivity index (χ0n) is 12.3. The van der Waals surface area contributed by atoms with E-state index in [1.54, 1.807) is 7.11 Å². The molecule has 1 amide bonds. The number of carboxylic acid groups (broad SMARTS) is 1. The van der Waals surface area contributed by atoms with E-state index in [1.165, 1.54) is 0 Å². The molecule has 1 fully saturated rings. The van der Waals surface area contributed by atoms with E-state index in [-0.39, 0.29) is 23.8 Å². The molecule has 114 valence electrons. The molecule has 5 heteroatoms. The second kappa shape index (κ2) is 6.61. The number of amides is 1. The fourth-order valence-electron chi connectivity index (χ4n) is 2.77. The molecule has 1 aromatic rings. The van der Waals surface area contributed by atoms with Crippen molar-refractivity contribution >= 4 is 11.9 Å². The average Bonchev–Trinajstić information content (AvgIpc) is 2.97. The molecule has 0 spiro atoms. The smallest absolute Gasteiger partial charge is 0.306 e. The van der Waals surface area contributed by atoms with Gasteiger partial charge in [-0.3, -0.25) is 9.59 Å². The highest BCUT2D eigenvalue weighted by Crippen LogP contribution is 2.31. The van der Waals surface area contributed by atoms with Gasteiger partial charge >= 0.3 is 5.97 Å². The lowest BCUT2D eigenvalue weighted by Gasteiger charge is -2.18. The molecule has 0 heterocycles. The zero-order valence-corrected chi connectivity index (χ0v) is 12.3. The molecule has 0 radical (unpaired) electrons. The number of carbonyl (C=O) groups excluding carboxylic acids is 1. The molecule has 0 bridgehead atoms. The van der Waals surface area contributed by atoms with Crippen LogP contribution in [0.2, 0.25) is 0 Å². The van der Waals surface area contributed by atoms with Crippen LogP contribution in [0.4, 0.5) is 0 Å². The van der Waals surface area contributed by atoms with E-state index in [4.69, 9.17) is 9.84 Å². The van der Waals surface area contributed by atoms with E-state index in [0.717, 1.165) is 11.3 Å². The Kier molecular flexibility index (Phi) is 4.83. The van der Waals surface area contributed by atoms with Gasteiger partial charge in [-0.05, 0) is 43.9 Å². The molecular weight excluding hydrogens is 270 g/mol. The second-order valence-corrected chi connectivity index (χ2v) is 5.55. The van der Waals surface area contributed by atoms with Crippen molar-refractivity contribution < 1.29 is 19.4 Å². The third-order valence-electron chi connectivity index (χ3n) is 4.11. The van der Waals surface area contributed by atoms with Crippen LogP contribution in [0.15, 0.2) is 24.3 Å². The van der Waals surface area contributed by atoms with Crippen LogP contribution in [0.25, 0.3) is 0 Å². The van der Waals surface area contributed by atoms with Gasteiger partial charge in [0.05, 0.1) is 19.1 Å². The molecule has 1 aliphatic carbocycles. The number of carbonyl (C=O) groups is 2. The van der Waals surface area contributed by atoms with Crippen molar-refractivity contribution in [1.29, 1.82) is 0 Å². The first-order valence-electron chi connectivity index (χ1n) is 7.18. The van der Waals surface area contributed by atoms with Crippen molar-refractivity contribution in [1.82, 2.24) is 5.32 Å². The molecule has 21 heavy (non-hydrogen) atoms. The minimum Gasteiger partial charge on any atom is -0.497 e. The first-order valence-corrected chi connectivity index (χ1v) is 7.18. The van der Waals surface area contributed by atoms with Crippen LogP contribution < -0.4 is 10.1 Å². The van der Waals surface area contributed by atoms with Crippen LogP contribution >= 0.6 is 0 Å². The summed E-state index contributed by atoms with van der Waals surface area (Å²) in [6, 6.07) is 7.43. The van der Waals surface area contributed by atoms with E-state index in [9.17, 15) is 9.59 Å². The molecule has 5 nitrogen and oxygen atoms in total. The summed E-state index contributed by atoms with van der Waals surface area (Å²) in [5.74, 6) is -0.687. The minimum atomic E-state index is -0.800. The molecule has 0 saturated heterocycles. The van der Waals surface area contributed by atoms with Crippen LogP contribution in [0.3, 0.4) is 0 Å². The lowest BCUT2D eigenvalue weighted by molar-refractivity contribution is -0.141. The summed E-state index contributed by atoms with van der Waals surface area (Å²) in [7, 11) is 1.60. The van der Waals surface area contributed by atoms with Gasteiger partial charge in [0, 0.05) is 5.92 Å². The maximum absolute atomic E-state index is 12.2. The maximum Gasteiger partial charge on any atom is 0.306 e. The van der Waals surface area contributed by atoms with Crippen molar-refractivity contribution in [3.05, 3.63) is 29.8 Å². The summed E-state index contributed by atoms with van der Waals surface area (Å²) in [6.45, 7) is 1.91. The fraction of sp³-hybridized carbons (Fsp3) is 0.500. The first-order chi connectivity index (χ1) is 10.0. The van der Waals surface area contributed by atoms with Crippen LogP contribution in [0.1, 0.15) is 37.8 Å². The van der Waals surface area contributed by atoms with Gasteiger partial charge in [0.2, 0.25) is 5.91 Å². The Morgan fingerprint density at radius 1 is 1.33 bits per heavy atom. The van der Waals surface area contributed by atoms with Crippen molar-refractivity contribution in [3.63, 3.8) is 0 Å². The van der Waals surface area contributed by atoms with Gasteiger partial charge in [0.25, 0.3) is 0 Å². The largest absolute Gasteiger partial charge is 0.497 e. The molecule has 0 aromatic heterocycles. The normalized spacial score (nSPS) is 22.6. The number of methoxy groups -OCH3 is 1. The number of nitrogens with one attached hydrogen (secondary N) is 1. The molecule has 2 rings (SSSR count). The predicted molar refractivity (Wildman–Crippen MR) is 78.0 cm³/mol. The number of hydrogen-bond donors (Lipinski definition) is 2. The number of rotatable bonds is 5. The Morgan fingerprint density at radius 2 is 2.05 bits per heavy atom. The quantitative estimate of drug-likeness (QED) is 0.873. The molecule has 3 atom stereocenters. The highest BCUT2D eigenvalue weighted by Gasteiger charge is 2.34.